The first kappa shape index (κ1) is 24.0. The Bertz CT molecular complexity index is 1850. The number of hydrogen-bond donors (Lipinski definition) is 2. The second-order valence-electron chi connectivity index (χ2n) is 9.90. The highest BCUT2D eigenvalue weighted by molar-refractivity contribution is 7.15. The predicted molar refractivity (Wildman–Crippen MR) is 145 cm³/mol. The van der Waals surface area contributed by atoms with Gasteiger partial charge in [-0.05, 0) is 42.8 Å². The summed E-state index contributed by atoms with van der Waals surface area (Å²) in [4.78, 5) is 20.8. The number of rotatable bonds is 5. The SMILES string of the molecule is Cc1ccc(-c2ccnc3nc(-c4n[nH]c5cc(F)c(-c6cncc(CN7CCC(F)(F)C7)c6)cc45)[nH]c23)s1. The molecule has 1 saturated heterocycles. The fourth-order valence-corrected chi connectivity index (χ4v) is 6.07. The van der Waals surface area contributed by atoms with Gasteiger partial charge in [-0.1, -0.05) is 0 Å². The van der Waals surface area contributed by atoms with Gasteiger partial charge in [0.05, 0.1) is 17.6 Å². The molecule has 1 aromatic carbocycles. The van der Waals surface area contributed by atoms with Gasteiger partial charge >= 0.3 is 0 Å². The average molecular weight is 546 g/mol. The monoisotopic (exact) mass is 545 g/mol. The number of benzene rings is 1. The van der Waals surface area contributed by atoms with Crippen LogP contribution in [-0.2, 0) is 6.54 Å². The minimum atomic E-state index is -2.67. The lowest BCUT2D eigenvalue weighted by molar-refractivity contribution is 0.0115. The number of thiophene rings is 1. The van der Waals surface area contributed by atoms with Crippen LogP contribution in [0.3, 0.4) is 0 Å². The van der Waals surface area contributed by atoms with Crippen molar-refractivity contribution in [2.75, 3.05) is 13.1 Å². The number of alkyl halides is 2. The number of halogens is 3. The van der Waals surface area contributed by atoms with Crippen molar-refractivity contribution in [2.24, 2.45) is 0 Å². The molecule has 39 heavy (non-hydrogen) atoms. The van der Waals surface area contributed by atoms with E-state index in [4.69, 9.17) is 0 Å². The van der Waals surface area contributed by atoms with Gasteiger partial charge in [-0.2, -0.15) is 5.10 Å². The molecule has 0 bridgehead atoms. The van der Waals surface area contributed by atoms with Gasteiger partial charge in [-0.3, -0.25) is 15.0 Å². The summed E-state index contributed by atoms with van der Waals surface area (Å²) in [5.41, 5.74) is 5.09. The Morgan fingerprint density at radius 1 is 1.10 bits per heavy atom. The number of imidazole rings is 1. The molecule has 196 valence electrons. The first-order chi connectivity index (χ1) is 18.8. The van der Waals surface area contributed by atoms with Gasteiger partial charge in [0.2, 0.25) is 0 Å². The molecule has 0 aliphatic carbocycles. The van der Waals surface area contributed by atoms with Crippen LogP contribution < -0.4 is 0 Å². The third kappa shape index (κ3) is 4.37. The highest BCUT2D eigenvalue weighted by Gasteiger charge is 2.38. The molecule has 0 unspecified atom stereocenters. The zero-order valence-corrected chi connectivity index (χ0v) is 21.6. The van der Waals surface area contributed by atoms with Gasteiger partial charge in [0.25, 0.3) is 5.92 Å². The van der Waals surface area contributed by atoms with Crippen LogP contribution in [0, 0.1) is 12.7 Å². The van der Waals surface area contributed by atoms with Crippen LogP contribution in [0.15, 0.2) is 55.0 Å². The predicted octanol–water partition coefficient (Wildman–Crippen LogP) is 6.58. The van der Waals surface area contributed by atoms with E-state index in [1.165, 1.54) is 10.9 Å². The molecule has 0 saturated carbocycles. The van der Waals surface area contributed by atoms with Crippen LogP contribution in [0.2, 0.25) is 0 Å². The zero-order chi connectivity index (χ0) is 26.7. The second-order valence-corrected chi connectivity index (χ2v) is 11.2. The van der Waals surface area contributed by atoms with Crippen molar-refractivity contribution < 1.29 is 13.2 Å². The molecule has 0 radical (unpaired) electrons. The molecule has 11 heteroatoms. The van der Waals surface area contributed by atoms with Crippen molar-refractivity contribution >= 4 is 33.4 Å². The van der Waals surface area contributed by atoms with Crippen LogP contribution in [0.25, 0.3) is 55.2 Å². The van der Waals surface area contributed by atoms with Gasteiger partial charge in [0.15, 0.2) is 11.5 Å². The molecule has 7 nitrogen and oxygen atoms in total. The molecule has 1 aliphatic rings. The zero-order valence-electron chi connectivity index (χ0n) is 20.8. The standard InChI is InChI=1S/C28H22F3N7S/c1-15-2-3-23(39-15)18-4-6-33-26-24(18)34-27(35-26)25-20-9-19(21(29)10-22(20)36-37-25)17-8-16(11-32-12-17)13-38-7-5-28(30,31)14-38/h2-4,6,8-12H,5,7,13-14H2,1H3,(H,36,37)(H,33,34,35). The normalized spacial score (nSPS) is 15.6. The molecule has 0 spiro atoms. The summed E-state index contributed by atoms with van der Waals surface area (Å²) in [7, 11) is 0. The molecule has 1 fully saturated rings. The molecule has 0 atom stereocenters. The number of likely N-dealkylation sites (tertiary alicyclic amines) is 1. The number of hydrogen-bond acceptors (Lipinski definition) is 6. The van der Waals surface area contributed by atoms with Crippen molar-refractivity contribution in [1.82, 2.24) is 35.0 Å². The fraction of sp³-hybridized carbons (Fsp3) is 0.214. The summed E-state index contributed by atoms with van der Waals surface area (Å²) in [5, 5.41) is 8.03. The third-order valence-corrected chi connectivity index (χ3v) is 8.07. The Morgan fingerprint density at radius 3 is 2.79 bits per heavy atom. The van der Waals surface area contributed by atoms with Crippen molar-refractivity contribution in [3.8, 4) is 33.1 Å². The summed E-state index contributed by atoms with van der Waals surface area (Å²) in [5.74, 6) is -2.59. The first-order valence-corrected chi connectivity index (χ1v) is 13.3. The second kappa shape index (κ2) is 8.99. The lowest BCUT2D eigenvalue weighted by Crippen LogP contribution is -2.24. The van der Waals surface area contributed by atoms with Gasteiger partial charge in [0.1, 0.15) is 11.5 Å². The Kier molecular flexibility index (Phi) is 5.53. The Morgan fingerprint density at radius 2 is 2.00 bits per heavy atom. The summed E-state index contributed by atoms with van der Waals surface area (Å²) < 4.78 is 42.5. The average Bonchev–Trinajstić information content (AvgIpc) is 3.69. The van der Waals surface area contributed by atoms with Gasteiger partial charge < -0.3 is 4.98 Å². The van der Waals surface area contributed by atoms with Crippen molar-refractivity contribution in [3.05, 3.63) is 71.2 Å². The number of aryl methyl sites for hydroxylation is 1. The summed E-state index contributed by atoms with van der Waals surface area (Å²) in [6.07, 6.45) is 4.79. The lowest BCUT2D eigenvalue weighted by Gasteiger charge is -2.16. The first-order valence-electron chi connectivity index (χ1n) is 12.5. The Hall–Kier alpha value is -4.09. The van der Waals surface area contributed by atoms with Crippen LogP contribution in [0.5, 0.6) is 0 Å². The van der Waals surface area contributed by atoms with Gasteiger partial charge in [-0.25, -0.2) is 23.1 Å². The topological polar surface area (TPSA) is 86.4 Å². The number of nitrogens with zero attached hydrogens (tertiary/aromatic N) is 5. The van der Waals surface area contributed by atoms with Crippen molar-refractivity contribution in [1.29, 1.82) is 0 Å². The number of H-pyrrole nitrogens is 2. The number of aromatic amines is 2. The molecular weight excluding hydrogens is 523 g/mol. The van der Waals surface area contributed by atoms with E-state index in [0.717, 1.165) is 21.5 Å². The van der Waals surface area contributed by atoms with E-state index < -0.39 is 11.7 Å². The molecule has 2 N–H and O–H groups in total. The van der Waals surface area contributed by atoms with Crippen LogP contribution >= 0.6 is 11.3 Å². The maximum atomic E-state index is 15.2. The Balaban J connectivity index is 1.27. The van der Waals surface area contributed by atoms with E-state index >= 15 is 4.39 Å². The third-order valence-electron chi connectivity index (χ3n) is 7.03. The van der Waals surface area contributed by atoms with E-state index in [9.17, 15) is 8.78 Å². The largest absolute Gasteiger partial charge is 0.335 e. The molecule has 7 rings (SSSR count). The maximum absolute atomic E-state index is 15.2. The quantitative estimate of drug-likeness (QED) is 0.256. The van der Waals surface area contributed by atoms with E-state index in [-0.39, 0.29) is 13.0 Å². The van der Waals surface area contributed by atoms with Crippen molar-refractivity contribution in [2.45, 2.75) is 25.8 Å². The number of fused-ring (bicyclic) bond motifs is 2. The number of aromatic nitrogens is 6. The minimum Gasteiger partial charge on any atom is -0.335 e. The molecule has 5 aromatic heterocycles. The van der Waals surface area contributed by atoms with E-state index in [1.807, 2.05) is 6.07 Å². The highest BCUT2D eigenvalue weighted by Crippen LogP contribution is 2.36. The fourth-order valence-electron chi connectivity index (χ4n) is 5.17. The van der Waals surface area contributed by atoms with E-state index in [1.54, 1.807) is 47.0 Å². The molecule has 6 aromatic rings. The molecule has 0 amide bonds. The number of nitrogens with one attached hydrogen (secondary N) is 2. The maximum Gasteiger partial charge on any atom is 0.261 e. The molecule has 1 aliphatic heterocycles. The van der Waals surface area contributed by atoms with Gasteiger partial charge in [-0.15, -0.1) is 11.3 Å². The van der Waals surface area contributed by atoms with Gasteiger partial charge in [0, 0.05) is 76.0 Å². The minimum absolute atomic E-state index is 0.152. The smallest absolute Gasteiger partial charge is 0.261 e. The van der Waals surface area contributed by atoms with Crippen molar-refractivity contribution in [3.63, 3.8) is 0 Å². The Labute approximate surface area is 224 Å². The number of pyridine rings is 2. The van der Waals surface area contributed by atoms with Crippen LogP contribution in [0.1, 0.15) is 16.9 Å². The summed E-state index contributed by atoms with van der Waals surface area (Å²) in [6, 6.07) is 11.0. The van der Waals surface area contributed by atoms with Crippen LogP contribution in [-0.4, -0.2) is 54.0 Å². The lowest BCUT2D eigenvalue weighted by atomic mass is 10.0. The summed E-state index contributed by atoms with van der Waals surface area (Å²) >= 11 is 1.69. The molecule has 6 heterocycles. The van der Waals surface area contributed by atoms with Crippen LogP contribution in [0.4, 0.5) is 13.2 Å². The van der Waals surface area contributed by atoms with E-state index in [0.29, 0.717) is 52.3 Å². The highest BCUT2D eigenvalue weighted by atomic mass is 32.1. The molecular formula is C28H22F3N7S. The van der Waals surface area contributed by atoms with E-state index in [2.05, 4.69) is 49.2 Å². The summed E-state index contributed by atoms with van der Waals surface area (Å²) in [6.45, 7) is 2.43.